The van der Waals surface area contributed by atoms with Crippen LogP contribution in [-0.2, 0) is 4.74 Å². The van der Waals surface area contributed by atoms with Crippen LogP contribution in [0.4, 0.5) is 0 Å². The van der Waals surface area contributed by atoms with Crippen LogP contribution in [0.1, 0.15) is 47.0 Å². The van der Waals surface area contributed by atoms with Gasteiger partial charge < -0.3 is 4.74 Å². The minimum absolute atomic E-state index is 0.823. The molecule has 1 saturated carbocycles. The molecule has 1 aliphatic carbocycles. The molecule has 1 aliphatic rings. The van der Waals surface area contributed by atoms with E-state index in [1.165, 1.54) is 19.3 Å². The fourth-order valence-electron chi connectivity index (χ4n) is 2.10. The van der Waals surface area contributed by atoms with Gasteiger partial charge in [0.2, 0.25) is 0 Å². The molecule has 0 amide bonds. The van der Waals surface area contributed by atoms with E-state index in [1.807, 2.05) is 21.0 Å². The summed E-state index contributed by atoms with van der Waals surface area (Å²) in [6.07, 6.45) is 4.19. The van der Waals surface area contributed by atoms with E-state index in [0.717, 1.165) is 24.4 Å². The molecule has 1 nitrogen and oxygen atoms in total. The van der Waals surface area contributed by atoms with Crippen LogP contribution in [0.5, 0.6) is 0 Å². The van der Waals surface area contributed by atoms with E-state index < -0.39 is 0 Å². The molecular formula is C12H26O. The van der Waals surface area contributed by atoms with Crippen molar-refractivity contribution in [3.05, 3.63) is 0 Å². The first-order valence-electron chi connectivity index (χ1n) is 5.73. The molecule has 0 radical (unpaired) electrons. The van der Waals surface area contributed by atoms with E-state index in [2.05, 4.69) is 13.8 Å². The van der Waals surface area contributed by atoms with Crippen LogP contribution in [0, 0.1) is 17.8 Å². The molecule has 1 rings (SSSR count). The maximum absolute atomic E-state index is 5.20. The summed E-state index contributed by atoms with van der Waals surface area (Å²) in [6, 6.07) is 0. The van der Waals surface area contributed by atoms with Crippen molar-refractivity contribution < 1.29 is 4.74 Å². The first-order valence-corrected chi connectivity index (χ1v) is 5.73. The van der Waals surface area contributed by atoms with Crippen molar-refractivity contribution in [1.29, 1.82) is 0 Å². The standard InChI is InChI=1S/C10H20O.C2H6/c1-8-4-5-9(2)10(6-8)7-11-3;1-2/h8-10H,4-7H2,1-3H3;1-2H3/t8-,9?,10+;/m0./s1. The topological polar surface area (TPSA) is 9.23 Å². The Kier molecular flexibility index (Phi) is 7.35. The molecule has 0 spiro atoms. The molecule has 1 heteroatoms. The molecule has 80 valence electrons. The minimum Gasteiger partial charge on any atom is -0.384 e. The minimum atomic E-state index is 0.823. The summed E-state index contributed by atoms with van der Waals surface area (Å²) in [7, 11) is 1.81. The van der Waals surface area contributed by atoms with E-state index >= 15 is 0 Å². The summed E-state index contributed by atoms with van der Waals surface area (Å²) in [5, 5.41) is 0. The van der Waals surface area contributed by atoms with Crippen LogP contribution in [0.3, 0.4) is 0 Å². The number of methoxy groups -OCH3 is 1. The molecule has 0 aliphatic heterocycles. The van der Waals surface area contributed by atoms with Gasteiger partial charge in [-0.25, -0.2) is 0 Å². The van der Waals surface area contributed by atoms with Gasteiger partial charge in [0.1, 0.15) is 0 Å². The summed E-state index contributed by atoms with van der Waals surface area (Å²) in [5.41, 5.74) is 0. The van der Waals surface area contributed by atoms with Crippen molar-refractivity contribution in [3.8, 4) is 0 Å². The lowest BCUT2D eigenvalue weighted by molar-refractivity contribution is 0.0842. The van der Waals surface area contributed by atoms with Crippen molar-refractivity contribution in [3.63, 3.8) is 0 Å². The molecule has 0 aromatic carbocycles. The molecule has 0 heterocycles. The molecule has 0 bridgehead atoms. The third-order valence-corrected chi connectivity index (χ3v) is 3.01. The van der Waals surface area contributed by atoms with Gasteiger partial charge in [-0.05, 0) is 24.2 Å². The van der Waals surface area contributed by atoms with Gasteiger partial charge in [-0.2, -0.15) is 0 Å². The smallest absolute Gasteiger partial charge is 0.0493 e. The summed E-state index contributed by atoms with van der Waals surface area (Å²) in [4.78, 5) is 0. The van der Waals surface area contributed by atoms with E-state index in [-0.39, 0.29) is 0 Å². The van der Waals surface area contributed by atoms with Gasteiger partial charge in [0.25, 0.3) is 0 Å². The Hall–Kier alpha value is -0.0400. The second kappa shape index (κ2) is 7.37. The molecule has 0 aromatic heterocycles. The highest BCUT2D eigenvalue weighted by molar-refractivity contribution is 4.75. The van der Waals surface area contributed by atoms with Gasteiger partial charge in [-0.15, -0.1) is 0 Å². The summed E-state index contributed by atoms with van der Waals surface area (Å²) >= 11 is 0. The Bertz CT molecular complexity index is 112. The zero-order valence-electron chi connectivity index (χ0n) is 9.97. The number of ether oxygens (including phenoxy) is 1. The Morgan fingerprint density at radius 3 is 2.31 bits per heavy atom. The Morgan fingerprint density at radius 1 is 1.15 bits per heavy atom. The lowest BCUT2D eigenvalue weighted by Gasteiger charge is -2.32. The SMILES string of the molecule is CC.COC[C@H]1C[C@@H](C)CCC1C. The molecular weight excluding hydrogens is 160 g/mol. The van der Waals surface area contributed by atoms with Crippen LogP contribution < -0.4 is 0 Å². The van der Waals surface area contributed by atoms with Gasteiger partial charge in [0.05, 0.1) is 0 Å². The van der Waals surface area contributed by atoms with Gasteiger partial charge in [0, 0.05) is 13.7 Å². The van der Waals surface area contributed by atoms with Crippen LogP contribution in [0.2, 0.25) is 0 Å². The fraction of sp³-hybridized carbons (Fsp3) is 1.00. The van der Waals surface area contributed by atoms with Crippen LogP contribution in [0.25, 0.3) is 0 Å². The number of rotatable bonds is 2. The van der Waals surface area contributed by atoms with Crippen LogP contribution in [0.15, 0.2) is 0 Å². The Morgan fingerprint density at radius 2 is 1.77 bits per heavy atom. The normalized spacial score (nSPS) is 33.5. The summed E-state index contributed by atoms with van der Waals surface area (Å²) in [5.74, 6) is 2.63. The van der Waals surface area contributed by atoms with E-state index in [9.17, 15) is 0 Å². The average molecular weight is 186 g/mol. The molecule has 13 heavy (non-hydrogen) atoms. The molecule has 1 unspecified atom stereocenters. The van der Waals surface area contributed by atoms with E-state index in [0.29, 0.717) is 0 Å². The van der Waals surface area contributed by atoms with E-state index in [4.69, 9.17) is 4.74 Å². The van der Waals surface area contributed by atoms with Crippen LogP contribution in [-0.4, -0.2) is 13.7 Å². The van der Waals surface area contributed by atoms with Crippen molar-refractivity contribution >= 4 is 0 Å². The first-order chi connectivity index (χ1) is 6.24. The fourth-order valence-corrected chi connectivity index (χ4v) is 2.10. The van der Waals surface area contributed by atoms with Gasteiger partial charge >= 0.3 is 0 Å². The van der Waals surface area contributed by atoms with Gasteiger partial charge in [-0.3, -0.25) is 0 Å². The first kappa shape index (κ1) is 13.0. The third-order valence-electron chi connectivity index (χ3n) is 3.01. The zero-order chi connectivity index (χ0) is 10.3. The van der Waals surface area contributed by atoms with E-state index in [1.54, 1.807) is 0 Å². The monoisotopic (exact) mass is 186 g/mol. The molecule has 0 N–H and O–H groups in total. The predicted octanol–water partition coefficient (Wildman–Crippen LogP) is 3.73. The van der Waals surface area contributed by atoms with Crippen molar-refractivity contribution in [2.75, 3.05) is 13.7 Å². The summed E-state index contributed by atoms with van der Waals surface area (Å²) in [6.45, 7) is 9.68. The second-order valence-corrected chi connectivity index (χ2v) is 4.11. The van der Waals surface area contributed by atoms with Gasteiger partial charge in [-0.1, -0.05) is 40.5 Å². The molecule has 3 atom stereocenters. The maximum atomic E-state index is 5.20. The second-order valence-electron chi connectivity index (χ2n) is 4.11. The quantitative estimate of drug-likeness (QED) is 0.638. The molecule has 0 saturated heterocycles. The van der Waals surface area contributed by atoms with Gasteiger partial charge in [0.15, 0.2) is 0 Å². The summed E-state index contributed by atoms with van der Waals surface area (Å²) < 4.78 is 5.20. The van der Waals surface area contributed by atoms with Crippen molar-refractivity contribution in [2.24, 2.45) is 17.8 Å². The lowest BCUT2D eigenvalue weighted by atomic mass is 9.76. The Labute approximate surface area is 83.9 Å². The predicted molar refractivity (Wildman–Crippen MR) is 58.9 cm³/mol. The highest BCUT2D eigenvalue weighted by Crippen LogP contribution is 2.33. The van der Waals surface area contributed by atoms with Crippen LogP contribution >= 0.6 is 0 Å². The van der Waals surface area contributed by atoms with Crippen molar-refractivity contribution in [1.82, 2.24) is 0 Å². The number of hydrogen-bond acceptors (Lipinski definition) is 1. The average Bonchev–Trinajstić information content (AvgIpc) is 2.15. The Balaban J connectivity index is 0.000000671. The highest BCUT2D eigenvalue weighted by Gasteiger charge is 2.24. The highest BCUT2D eigenvalue weighted by atomic mass is 16.5. The third kappa shape index (κ3) is 4.66. The lowest BCUT2D eigenvalue weighted by Crippen LogP contribution is -2.25. The van der Waals surface area contributed by atoms with Crippen molar-refractivity contribution in [2.45, 2.75) is 47.0 Å². The maximum Gasteiger partial charge on any atom is 0.0493 e. The molecule has 0 aromatic rings. The molecule has 1 fully saturated rings. The number of hydrogen-bond donors (Lipinski definition) is 0. The largest absolute Gasteiger partial charge is 0.384 e. The zero-order valence-corrected chi connectivity index (χ0v) is 9.97.